The van der Waals surface area contributed by atoms with E-state index in [1.54, 1.807) is 0 Å². The van der Waals surface area contributed by atoms with Crippen LogP contribution >= 0.6 is 11.6 Å². The molecule has 130 valence electrons. The average Bonchev–Trinajstić information content (AvgIpc) is 3.01. The van der Waals surface area contributed by atoms with Gasteiger partial charge in [0.05, 0.1) is 11.6 Å². The predicted molar refractivity (Wildman–Crippen MR) is 96.1 cm³/mol. The van der Waals surface area contributed by atoms with Crippen LogP contribution in [0.2, 0.25) is 5.02 Å². The summed E-state index contributed by atoms with van der Waals surface area (Å²) in [6, 6.07) is 8.13. The third kappa shape index (κ3) is 3.62. The molecule has 0 saturated carbocycles. The van der Waals surface area contributed by atoms with Crippen LogP contribution in [0.1, 0.15) is 58.0 Å². The number of rotatable bonds is 3. The van der Waals surface area contributed by atoms with E-state index in [9.17, 15) is 0 Å². The average molecular weight is 348 g/mol. The highest BCUT2D eigenvalue weighted by Gasteiger charge is 2.32. The summed E-state index contributed by atoms with van der Waals surface area (Å²) in [6.45, 7) is 10.8. The molecule has 1 aromatic carbocycles. The normalized spacial score (nSPS) is 18.7. The Morgan fingerprint density at radius 1 is 1.12 bits per heavy atom. The molecule has 0 N–H and O–H groups in total. The summed E-state index contributed by atoms with van der Waals surface area (Å²) in [5.74, 6) is 1.69. The largest absolute Gasteiger partial charge is 0.290 e. The summed E-state index contributed by atoms with van der Waals surface area (Å²) in [4.78, 5) is 2.50. The third-order valence-corrected chi connectivity index (χ3v) is 4.99. The molecule has 2 aromatic rings. The maximum absolute atomic E-state index is 6.09. The lowest BCUT2D eigenvalue weighted by atomic mass is 9.95. The van der Waals surface area contributed by atoms with Crippen molar-refractivity contribution in [2.75, 3.05) is 13.1 Å². The van der Waals surface area contributed by atoms with Gasteiger partial charge in [0.15, 0.2) is 5.82 Å². The van der Waals surface area contributed by atoms with E-state index in [2.05, 4.69) is 60.3 Å². The van der Waals surface area contributed by atoms with Gasteiger partial charge >= 0.3 is 0 Å². The van der Waals surface area contributed by atoms with E-state index in [1.165, 1.54) is 18.4 Å². The van der Waals surface area contributed by atoms with Crippen molar-refractivity contribution in [3.05, 3.63) is 40.7 Å². The molecule has 1 fully saturated rings. The summed E-state index contributed by atoms with van der Waals surface area (Å²) in [5, 5.41) is 13.4. The summed E-state index contributed by atoms with van der Waals surface area (Å²) in [7, 11) is 0. The molecule has 0 amide bonds. The fourth-order valence-corrected chi connectivity index (χ4v) is 3.42. The minimum absolute atomic E-state index is 0.0593. The monoisotopic (exact) mass is 347 g/mol. The zero-order valence-corrected chi connectivity index (χ0v) is 15.7. The molecule has 2 heterocycles. The van der Waals surface area contributed by atoms with Gasteiger partial charge in [0.2, 0.25) is 0 Å². The van der Waals surface area contributed by atoms with Crippen LogP contribution in [-0.2, 0) is 5.54 Å². The van der Waals surface area contributed by atoms with Gasteiger partial charge in [-0.3, -0.25) is 4.90 Å². The highest BCUT2D eigenvalue weighted by Crippen LogP contribution is 2.33. The summed E-state index contributed by atoms with van der Waals surface area (Å²) >= 11 is 6.09. The Hall–Kier alpha value is -1.46. The molecule has 3 rings (SSSR count). The minimum atomic E-state index is -0.160. The molecule has 1 aliphatic rings. The molecule has 0 aliphatic carbocycles. The van der Waals surface area contributed by atoms with Crippen molar-refractivity contribution in [1.82, 2.24) is 25.1 Å². The van der Waals surface area contributed by atoms with Gasteiger partial charge in [-0.1, -0.05) is 30.7 Å². The second-order valence-corrected chi connectivity index (χ2v) is 8.23. The second kappa shape index (κ2) is 6.81. The SMILES string of the molecule is CC1CCN([C@@H](c2ccc(Cl)cc2)c2nnnn2C(C)(C)C)CC1. The number of likely N-dealkylation sites (tertiary alicyclic amines) is 1. The number of benzene rings is 1. The molecule has 1 saturated heterocycles. The molecule has 6 heteroatoms. The van der Waals surface area contributed by atoms with Crippen molar-refractivity contribution in [2.24, 2.45) is 5.92 Å². The molecular weight excluding hydrogens is 322 g/mol. The Morgan fingerprint density at radius 3 is 2.33 bits per heavy atom. The Kier molecular flexibility index (Phi) is 4.92. The fraction of sp³-hybridized carbons (Fsp3) is 0.611. The van der Waals surface area contributed by atoms with Crippen LogP contribution in [0.4, 0.5) is 0 Å². The summed E-state index contributed by atoms with van der Waals surface area (Å²) in [5.41, 5.74) is 1.03. The molecule has 1 aromatic heterocycles. The van der Waals surface area contributed by atoms with E-state index in [-0.39, 0.29) is 11.6 Å². The molecule has 24 heavy (non-hydrogen) atoms. The van der Waals surface area contributed by atoms with E-state index < -0.39 is 0 Å². The Balaban J connectivity index is 2.02. The highest BCUT2D eigenvalue weighted by atomic mass is 35.5. The smallest absolute Gasteiger partial charge is 0.173 e. The van der Waals surface area contributed by atoms with Gasteiger partial charge in [-0.2, -0.15) is 0 Å². The van der Waals surface area contributed by atoms with Gasteiger partial charge in [-0.25, -0.2) is 4.68 Å². The minimum Gasteiger partial charge on any atom is -0.290 e. The first-order chi connectivity index (χ1) is 11.4. The van der Waals surface area contributed by atoms with Gasteiger partial charge in [0.1, 0.15) is 0 Å². The molecule has 0 radical (unpaired) electrons. The number of hydrogen-bond acceptors (Lipinski definition) is 4. The van der Waals surface area contributed by atoms with E-state index in [0.717, 1.165) is 29.9 Å². The number of piperidine rings is 1. The highest BCUT2D eigenvalue weighted by molar-refractivity contribution is 6.30. The van der Waals surface area contributed by atoms with Gasteiger partial charge in [0.25, 0.3) is 0 Å². The van der Waals surface area contributed by atoms with Gasteiger partial charge in [-0.15, -0.1) is 5.10 Å². The second-order valence-electron chi connectivity index (χ2n) is 7.79. The van der Waals surface area contributed by atoms with Gasteiger partial charge in [0, 0.05) is 5.02 Å². The van der Waals surface area contributed by atoms with Crippen molar-refractivity contribution in [1.29, 1.82) is 0 Å². The summed E-state index contributed by atoms with van der Waals surface area (Å²) in [6.07, 6.45) is 2.42. The van der Waals surface area contributed by atoms with Crippen LogP contribution < -0.4 is 0 Å². The Morgan fingerprint density at radius 2 is 1.75 bits per heavy atom. The summed E-state index contributed by atoms with van der Waals surface area (Å²) < 4.78 is 1.95. The van der Waals surface area contributed by atoms with E-state index in [1.807, 2.05) is 16.8 Å². The Bertz CT molecular complexity index is 665. The molecule has 1 aliphatic heterocycles. The fourth-order valence-electron chi connectivity index (χ4n) is 3.30. The first kappa shape index (κ1) is 17.4. The lowest BCUT2D eigenvalue weighted by Gasteiger charge is -2.37. The number of halogens is 1. The van der Waals surface area contributed by atoms with E-state index in [0.29, 0.717) is 0 Å². The first-order valence-electron chi connectivity index (χ1n) is 8.64. The van der Waals surface area contributed by atoms with Crippen molar-refractivity contribution >= 4 is 11.6 Å². The number of aromatic nitrogens is 4. The lowest BCUT2D eigenvalue weighted by molar-refractivity contribution is 0.145. The topological polar surface area (TPSA) is 46.8 Å². The van der Waals surface area contributed by atoms with Crippen LogP contribution in [0, 0.1) is 5.92 Å². The lowest BCUT2D eigenvalue weighted by Crippen LogP contribution is -2.39. The number of nitrogens with zero attached hydrogens (tertiary/aromatic N) is 5. The van der Waals surface area contributed by atoms with Gasteiger partial charge < -0.3 is 0 Å². The van der Waals surface area contributed by atoms with Gasteiger partial charge in [-0.05, 0) is 80.7 Å². The Labute approximate surface area is 149 Å². The van der Waals surface area contributed by atoms with Crippen LogP contribution in [0.25, 0.3) is 0 Å². The van der Waals surface area contributed by atoms with Crippen LogP contribution in [0.15, 0.2) is 24.3 Å². The van der Waals surface area contributed by atoms with Crippen molar-refractivity contribution in [2.45, 2.75) is 52.1 Å². The molecule has 1 atom stereocenters. The number of tetrazole rings is 1. The molecule has 0 spiro atoms. The first-order valence-corrected chi connectivity index (χ1v) is 9.02. The van der Waals surface area contributed by atoms with Crippen molar-refractivity contribution < 1.29 is 0 Å². The maximum atomic E-state index is 6.09. The molecular formula is C18H26ClN5. The predicted octanol–water partition coefficient (Wildman–Crippen LogP) is 3.90. The molecule has 5 nitrogen and oxygen atoms in total. The van der Waals surface area contributed by atoms with Crippen LogP contribution in [0.5, 0.6) is 0 Å². The quantitative estimate of drug-likeness (QED) is 0.844. The van der Waals surface area contributed by atoms with Crippen molar-refractivity contribution in [3.63, 3.8) is 0 Å². The third-order valence-electron chi connectivity index (χ3n) is 4.74. The van der Waals surface area contributed by atoms with Crippen LogP contribution in [0.3, 0.4) is 0 Å². The van der Waals surface area contributed by atoms with Crippen molar-refractivity contribution in [3.8, 4) is 0 Å². The zero-order valence-electron chi connectivity index (χ0n) is 14.9. The maximum Gasteiger partial charge on any atom is 0.173 e. The number of hydrogen-bond donors (Lipinski definition) is 0. The molecule has 0 unspecified atom stereocenters. The van der Waals surface area contributed by atoms with E-state index in [4.69, 9.17) is 11.6 Å². The molecule has 0 bridgehead atoms. The zero-order chi connectivity index (χ0) is 17.3. The van der Waals surface area contributed by atoms with E-state index >= 15 is 0 Å². The standard InChI is InChI=1S/C18H26ClN5/c1-13-9-11-23(12-10-13)16(14-5-7-15(19)8-6-14)17-20-21-22-24(17)18(2,3)4/h5-8,13,16H,9-12H2,1-4H3/t16-/m0/s1. The van der Waals surface area contributed by atoms with Crippen LogP contribution in [-0.4, -0.2) is 38.2 Å².